The number of nitrogens with two attached hydrogens (primary N) is 1. The standard InChI is InChI=1S/C16H30N4O/c1-12(2)9-10-20(13-7-5-6-8-13)11-14-18-15(19-21-14)16(3,4)17/h12-13H,5-11,17H2,1-4H3. The summed E-state index contributed by atoms with van der Waals surface area (Å²) in [5.74, 6) is 2.00. The van der Waals surface area contributed by atoms with E-state index in [1.165, 1.54) is 32.1 Å². The van der Waals surface area contributed by atoms with Crippen molar-refractivity contribution in [2.75, 3.05) is 6.54 Å². The van der Waals surface area contributed by atoms with Gasteiger partial charge in [0.25, 0.3) is 0 Å². The zero-order valence-corrected chi connectivity index (χ0v) is 13.9. The van der Waals surface area contributed by atoms with Crippen LogP contribution in [-0.4, -0.2) is 27.6 Å². The van der Waals surface area contributed by atoms with Crippen LogP contribution >= 0.6 is 0 Å². The highest BCUT2D eigenvalue weighted by atomic mass is 16.5. The first-order chi connectivity index (χ1) is 9.86. The van der Waals surface area contributed by atoms with E-state index >= 15 is 0 Å². The summed E-state index contributed by atoms with van der Waals surface area (Å²) in [5.41, 5.74) is 5.48. The topological polar surface area (TPSA) is 68.2 Å². The average Bonchev–Trinajstić information content (AvgIpc) is 3.04. The SMILES string of the molecule is CC(C)CCN(Cc1nc(C(C)(C)N)no1)C1CCCC1. The maximum absolute atomic E-state index is 6.02. The number of nitrogens with zero attached hydrogens (tertiary/aromatic N) is 3. The summed E-state index contributed by atoms with van der Waals surface area (Å²) in [6.07, 6.45) is 6.48. The zero-order valence-electron chi connectivity index (χ0n) is 13.9. The highest BCUT2D eigenvalue weighted by Crippen LogP contribution is 2.25. The Morgan fingerprint density at radius 3 is 2.52 bits per heavy atom. The van der Waals surface area contributed by atoms with E-state index in [0.29, 0.717) is 17.8 Å². The van der Waals surface area contributed by atoms with E-state index in [1.54, 1.807) is 0 Å². The second-order valence-electron chi connectivity index (χ2n) is 7.32. The molecule has 0 aliphatic heterocycles. The van der Waals surface area contributed by atoms with Crippen molar-refractivity contribution >= 4 is 0 Å². The predicted octanol–water partition coefficient (Wildman–Crippen LogP) is 3.05. The van der Waals surface area contributed by atoms with E-state index in [-0.39, 0.29) is 0 Å². The molecule has 2 N–H and O–H groups in total. The van der Waals surface area contributed by atoms with Crippen LogP contribution in [-0.2, 0) is 12.1 Å². The Hall–Kier alpha value is -0.940. The molecule has 5 heteroatoms. The Kier molecular flexibility index (Phi) is 5.38. The van der Waals surface area contributed by atoms with E-state index in [0.717, 1.165) is 19.0 Å². The van der Waals surface area contributed by atoms with Crippen molar-refractivity contribution in [1.29, 1.82) is 0 Å². The second kappa shape index (κ2) is 6.88. The summed E-state index contributed by atoms with van der Waals surface area (Å²) in [6.45, 7) is 10.2. The maximum Gasteiger partial charge on any atom is 0.240 e. The average molecular weight is 294 g/mol. The molecule has 0 aromatic carbocycles. The Morgan fingerprint density at radius 2 is 2.00 bits per heavy atom. The highest BCUT2D eigenvalue weighted by Gasteiger charge is 2.26. The van der Waals surface area contributed by atoms with Gasteiger partial charge in [0.2, 0.25) is 5.89 Å². The summed E-state index contributed by atoms with van der Waals surface area (Å²) in [5, 5.41) is 4.02. The van der Waals surface area contributed by atoms with Gasteiger partial charge in [0.15, 0.2) is 5.82 Å². The normalized spacial score (nSPS) is 17.3. The van der Waals surface area contributed by atoms with Gasteiger partial charge in [-0.3, -0.25) is 4.90 Å². The predicted molar refractivity (Wildman–Crippen MR) is 83.6 cm³/mol. The van der Waals surface area contributed by atoms with Crippen molar-refractivity contribution in [2.24, 2.45) is 11.7 Å². The summed E-state index contributed by atoms with van der Waals surface area (Å²) in [7, 11) is 0. The van der Waals surface area contributed by atoms with Crippen molar-refractivity contribution in [3.63, 3.8) is 0 Å². The summed E-state index contributed by atoms with van der Waals surface area (Å²) >= 11 is 0. The molecule has 5 nitrogen and oxygen atoms in total. The first-order valence-corrected chi connectivity index (χ1v) is 8.22. The Morgan fingerprint density at radius 1 is 1.33 bits per heavy atom. The Balaban J connectivity index is 2.01. The van der Waals surface area contributed by atoms with Gasteiger partial charge in [-0.2, -0.15) is 4.98 Å². The molecule has 0 bridgehead atoms. The summed E-state index contributed by atoms with van der Waals surface area (Å²) < 4.78 is 5.41. The zero-order chi connectivity index (χ0) is 15.5. The van der Waals surface area contributed by atoms with Gasteiger partial charge < -0.3 is 10.3 Å². The molecule has 1 aromatic heterocycles. The van der Waals surface area contributed by atoms with Gasteiger partial charge >= 0.3 is 0 Å². The molecule has 0 spiro atoms. The Bertz CT molecular complexity index is 430. The van der Waals surface area contributed by atoms with Gasteiger partial charge in [-0.1, -0.05) is 31.8 Å². The fraction of sp³-hybridized carbons (Fsp3) is 0.875. The van der Waals surface area contributed by atoms with Gasteiger partial charge in [0, 0.05) is 6.04 Å². The van der Waals surface area contributed by atoms with Crippen LogP contribution in [0.15, 0.2) is 4.52 Å². The number of rotatable bonds is 7. The minimum absolute atomic E-state index is 0.544. The molecule has 1 aromatic rings. The van der Waals surface area contributed by atoms with Crippen molar-refractivity contribution in [1.82, 2.24) is 15.0 Å². The fourth-order valence-electron chi connectivity index (χ4n) is 2.84. The van der Waals surface area contributed by atoms with Crippen LogP contribution in [0.5, 0.6) is 0 Å². The molecule has 0 radical (unpaired) electrons. The van der Waals surface area contributed by atoms with Gasteiger partial charge in [-0.05, 0) is 45.6 Å². The molecule has 21 heavy (non-hydrogen) atoms. The van der Waals surface area contributed by atoms with E-state index < -0.39 is 5.54 Å². The molecule has 1 aliphatic carbocycles. The quantitative estimate of drug-likeness (QED) is 0.837. The molecule has 0 amide bonds. The third-order valence-electron chi connectivity index (χ3n) is 4.22. The molecule has 1 aliphatic rings. The lowest BCUT2D eigenvalue weighted by molar-refractivity contribution is 0.158. The Labute approximate surface area is 128 Å². The fourth-order valence-corrected chi connectivity index (χ4v) is 2.84. The van der Waals surface area contributed by atoms with Crippen molar-refractivity contribution in [3.05, 3.63) is 11.7 Å². The van der Waals surface area contributed by atoms with E-state index in [4.69, 9.17) is 10.3 Å². The number of hydrogen-bond donors (Lipinski definition) is 1. The molecule has 2 rings (SSSR count). The number of hydrogen-bond acceptors (Lipinski definition) is 5. The van der Waals surface area contributed by atoms with Gasteiger partial charge in [-0.15, -0.1) is 0 Å². The number of aromatic nitrogens is 2. The van der Waals surface area contributed by atoms with Crippen molar-refractivity contribution in [3.8, 4) is 0 Å². The van der Waals surface area contributed by atoms with Gasteiger partial charge in [0.05, 0.1) is 12.1 Å². The lowest BCUT2D eigenvalue weighted by atomic mass is 10.1. The highest BCUT2D eigenvalue weighted by molar-refractivity contribution is 4.99. The minimum atomic E-state index is -0.544. The second-order valence-corrected chi connectivity index (χ2v) is 7.32. The molecular weight excluding hydrogens is 264 g/mol. The minimum Gasteiger partial charge on any atom is -0.338 e. The first kappa shape index (κ1) is 16.4. The van der Waals surface area contributed by atoms with E-state index in [2.05, 4.69) is 28.9 Å². The molecule has 1 heterocycles. The monoisotopic (exact) mass is 294 g/mol. The van der Waals surface area contributed by atoms with Crippen LogP contribution in [0.4, 0.5) is 0 Å². The van der Waals surface area contributed by atoms with Crippen molar-refractivity contribution < 1.29 is 4.52 Å². The largest absolute Gasteiger partial charge is 0.338 e. The van der Waals surface area contributed by atoms with E-state index in [9.17, 15) is 0 Å². The van der Waals surface area contributed by atoms with Crippen molar-refractivity contribution in [2.45, 2.75) is 77.9 Å². The van der Waals surface area contributed by atoms with Crippen LogP contribution in [0.1, 0.15) is 71.5 Å². The molecule has 0 saturated heterocycles. The molecular formula is C16H30N4O. The van der Waals surface area contributed by atoms with Crippen LogP contribution in [0.3, 0.4) is 0 Å². The first-order valence-electron chi connectivity index (χ1n) is 8.22. The molecule has 1 saturated carbocycles. The molecule has 0 unspecified atom stereocenters. The third kappa shape index (κ3) is 4.78. The van der Waals surface area contributed by atoms with Crippen LogP contribution in [0, 0.1) is 5.92 Å². The van der Waals surface area contributed by atoms with Crippen LogP contribution < -0.4 is 5.73 Å². The van der Waals surface area contributed by atoms with E-state index in [1.807, 2.05) is 13.8 Å². The summed E-state index contributed by atoms with van der Waals surface area (Å²) in [4.78, 5) is 7.00. The molecule has 0 atom stereocenters. The molecule has 120 valence electrons. The maximum atomic E-state index is 6.02. The molecule has 1 fully saturated rings. The van der Waals surface area contributed by atoms with Gasteiger partial charge in [0.1, 0.15) is 0 Å². The summed E-state index contributed by atoms with van der Waals surface area (Å²) in [6, 6.07) is 0.671. The van der Waals surface area contributed by atoms with Gasteiger partial charge in [-0.25, -0.2) is 0 Å². The van der Waals surface area contributed by atoms with Crippen LogP contribution in [0.25, 0.3) is 0 Å². The lowest BCUT2D eigenvalue weighted by Crippen LogP contribution is -2.34. The smallest absolute Gasteiger partial charge is 0.240 e. The lowest BCUT2D eigenvalue weighted by Gasteiger charge is -2.28. The third-order valence-corrected chi connectivity index (χ3v) is 4.22. The van der Waals surface area contributed by atoms with Crippen LogP contribution in [0.2, 0.25) is 0 Å².